The average molecular weight is 553 g/mol. The van der Waals surface area contributed by atoms with Gasteiger partial charge < -0.3 is 9.30 Å². The van der Waals surface area contributed by atoms with Crippen molar-refractivity contribution in [2.75, 3.05) is 12.9 Å². The number of aryl methyl sites for hydroxylation is 3. The van der Waals surface area contributed by atoms with E-state index in [1.54, 1.807) is 7.11 Å². The number of rotatable bonds is 12. The summed E-state index contributed by atoms with van der Waals surface area (Å²) in [4.78, 5) is 5.07. The Morgan fingerprint density at radius 2 is 1.50 bits per heavy atom. The van der Waals surface area contributed by atoms with Crippen molar-refractivity contribution >= 4 is 10.8 Å². The van der Waals surface area contributed by atoms with Gasteiger partial charge in [-0.25, -0.2) is 4.98 Å². The summed E-state index contributed by atoms with van der Waals surface area (Å²) in [5, 5.41) is 5.18. The Morgan fingerprint density at radius 3 is 2.12 bits per heavy atom. The van der Waals surface area contributed by atoms with E-state index < -0.39 is 10.8 Å². The van der Waals surface area contributed by atoms with Crippen LogP contribution in [-0.4, -0.2) is 36.4 Å². The van der Waals surface area contributed by atoms with Crippen molar-refractivity contribution in [3.8, 4) is 28.3 Å². The highest BCUT2D eigenvalue weighted by Crippen LogP contribution is 2.35. The molecule has 7 heteroatoms. The van der Waals surface area contributed by atoms with Gasteiger partial charge in [-0.1, -0.05) is 79.2 Å². The second kappa shape index (κ2) is 12.9. The predicted octanol–water partition coefficient (Wildman–Crippen LogP) is 7.07. The molecule has 1 unspecified atom stereocenters. The molecule has 40 heavy (non-hydrogen) atoms. The molecule has 0 fully saturated rings. The van der Waals surface area contributed by atoms with Gasteiger partial charge in [0.15, 0.2) is 5.16 Å². The monoisotopic (exact) mass is 552 g/mol. The van der Waals surface area contributed by atoms with Gasteiger partial charge in [-0.05, 0) is 50.5 Å². The number of aromatic nitrogens is 4. The highest BCUT2D eigenvalue weighted by molar-refractivity contribution is 7.84. The molecule has 0 radical (unpaired) electrons. The number of ether oxygens (including phenoxy) is 1. The first-order valence-electron chi connectivity index (χ1n) is 13.8. The molecule has 0 N–H and O–H groups in total. The highest BCUT2D eigenvalue weighted by atomic mass is 32.2. The molecule has 0 saturated carbocycles. The zero-order chi connectivity index (χ0) is 27.9. The maximum absolute atomic E-state index is 13.9. The Balaban J connectivity index is 1.44. The first kappa shape index (κ1) is 27.6. The normalized spacial score (nSPS) is 12.0. The van der Waals surface area contributed by atoms with Crippen LogP contribution >= 0.6 is 0 Å². The number of hydrogen-bond acceptors (Lipinski definition) is 4. The van der Waals surface area contributed by atoms with Gasteiger partial charge in [0, 0.05) is 29.1 Å². The summed E-state index contributed by atoms with van der Waals surface area (Å²) >= 11 is 0. The molecule has 2 heterocycles. The predicted molar refractivity (Wildman–Crippen MR) is 162 cm³/mol. The van der Waals surface area contributed by atoms with Crippen molar-refractivity contribution in [2.45, 2.75) is 51.4 Å². The summed E-state index contributed by atoms with van der Waals surface area (Å²) in [7, 11) is 0.415. The van der Waals surface area contributed by atoms with Crippen LogP contribution in [0.5, 0.6) is 5.75 Å². The van der Waals surface area contributed by atoms with Crippen molar-refractivity contribution in [3.63, 3.8) is 0 Å². The lowest BCUT2D eigenvalue weighted by molar-refractivity contribution is 0.414. The van der Waals surface area contributed by atoms with Crippen molar-refractivity contribution in [1.29, 1.82) is 0 Å². The number of benzene rings is 3. The standard InChI is InChI=1S/C33H36N4O2S/c1-25-23-26(2)37(35-25)21-11-6-12-22-40(38)33-34-31(28-13-7-4-8-14-28)32(29-15-9-5-10-16-29)36(33)24-27-17-19-30(39-3)20-18-27/h4-5,7-10,13-20,23H,6,11-12,21-22,24H2,1-3H3. The summed E-state index contributed by atoms with van der Waals surface area (Å²) in [5.41, 5.74) is 7.23. The molecule has 0 aliphatic rings. The summed E-state index contributed by atoms with van der Waals surface area (Å²) in [6.07, 6.45) is 2.85. The topological polar surface area (TPSA) is 61.9 Å². The molecule has 0 bridgehead atoms. The van der Waals surface area contributed by atoms with Crippen LogP contribution in [0, 0.1) is 13.8 Å². The molecule has 6 nitrogen and oxygen atoms in total. The number of imidazole rings is 1. The fourth-order valence-electron chi connectivity index (χ4n) is 5.02. The lowest BCUT2D eigenvalue weighted by Crippen LogP contribution is -2.11. The third-order valence-corrected chi connectivity index (χ3v) is 8.41. The average Bonchev–Trinajstić information content (AvgIpc) is 3.52. The van der Waals surface area contributed by atoms with Crippen molar-refractivity contribution < 1.29 is 8.95 Å². The molecule has 2 aromatic heterocycles. The number of hydrogen-bond donors (Lipinski definition) is 0. The van der Waals surface area contributed by atoms with E-state index in [1.807, 2.05) is 55.5 Å². The maximum Gasteiger partial charge on any atom is 0.200 e. The first-order chi connectivity index (χ1) is 19.5. The van der Waals surface area contributed by atoms with Gasteiger partial charge >= 0.3 is 0 Å². The SMILES string of the molecule is COc1ccc(Cn2c(S(=O)CCCCCn3nc(C)cc3C)nc(-c3ccccc3)c2-c2ccccc2)cc1. The third-order valence-electron chi connectivity index (χ3n) is 7.03. The third kappa shape index (κ3) is 6.42. The second-order valence-corrected chi connectivity index (χ2v) is 11.5. The lowest BCUT2D eigenvalue weighted by atomic mass is 10.0. The Morgan fingerprint density at radius 1 is 0.825 bits per heavy atom. The largest absolute Gasteiger partial charge is 0.497 e. The van der Waals surface area contributed by atoms with Gasteiger partial charge in [0.2, 0.25) is 0 Å². The molecule has 0 saturated heterocycles. The van der Waals surface area contributed by atoms with Gasteiger partial charge in [0.1, 0.15) is 5.75 Å². The maximum atomic E-state index is 13.9. The summed E-state index contributed by atoms with van der Waals surface area (Å²) in [6.45, 7) is 5.56. The fraction of sp³-hybridized carbons (Fsp3) is 0.273. The van der Waals surface area contributed by atoms with Crippen molar-refractivity contribution in [3.05, 3.63) is 108 Å². The minimum Gasteiger partial charge on any atom is -0.497 e. The molecule has 0 aliphatic heterocycles. The van der Waals surface area contributed by atoms with Gasteiger partial charge in [-0.2, -0.15) is 5.10 Å². The molecule has 206 valence electrons. The molecule has 3 aromatic carbocycles. The zero-order valence-electron chi connectivity index (χ0n) is 23.4. The minimum atomic E-state index is -1.26. The summed E-state index contributed by atoms with van der Waals surface area (Å²) in [5.74, 6) is 1.38. The van der Waals surface area contributed by atoms with Crippen LogP contribution in [0.2, 0.25) is 0 Å². The summed E-state index contributed by atoms with van der Waals surface area (Å²) < 4.78 is 23.4. The summed E-state index contributed by atoms with van der Waals surface area (Å²) in [6, 6.07) is 30.6. The minimum absolute atomic E-state index is 0.563. The van der Waals surface area contributed by atoms with Crippen LogP contribution in [-0.2, 0) is 23.9 Å². The fourth-order valence-corrected chi connectivity index (χ4v) is 6.26. The van der Waals surface area contributed by atoms with E-state index in [1.165, 1.54) is 5.69 Å². The van der Waals surface area contributed by atoms with E-state index in [9.17, 15) is 4.21 Å². The van der Waals surface area contributed by atoms with Crippen molar-refractivity contribution in [1.82, 2.24) is 19.3 Å². The van der Waals surface area contributed by atoms with Crippen LogP contribution in [0.4, 0.5) is 0 Å². The van der Waals surface area contributed by atoms with E-state index in [0.29, 0.717) is 17.5 Å². The van der Waals surface area contributed by atoms with Crippen LogP contribution in [0.1, 0.15) is 36.2 Å². The number of methoxy groups -OCH3 is 1. The van der Waals surface area contributed by atoms with Gasteiger partial charge in [-0.15, -0.1) is 0 Å². The Bertz CT molecular complexity index is 1560. The molecule has 0 aliphatic carbocycles. The first-order valence-corrected chi connectivity index (χ1v) is 15.1. The molecule has 5 aromatic rings. The second-order valence-electron chi connectivity index (χ2n) is 10.0. The lowest BCUT2D eigenvalue weighted by Gasteiger charge is -2.14. The molecule has 1 atom stereocenters. The molecular formula is C33H36N4O2S. The zero-order valence-corrected chi connectivity index (χ0v) is 24.2. The van der Waals surface area contributed by atoms with E-state index >= 15 is 0 Å². The molecule has 0 spiro atoms. The van der Waals surface area contributed by atoms with Crippen LogP contribution in [0.25, 0.3) is 22.5 Å². The van der Waals surface area contributed by atoms with E-state index in [-0.39, 0.29) is 0 Å². The van der Waals surface area contributed by atoms with E-state index in [4.69, 9.17) is 9.72 Å². The van der Waals surface area contributed by atoms with Crippen molar-refractivity contribution in [2.24, 2.45) is 0 Å². The van der Waals surface area contributed by atoms with E-state index in [2.05, 4.69) is 63.7 Å². The Kier molecular flexibility index (Phi) is 8.91. The van der Waals surface area contributed by atoms with E-state index in [0.717, 1.165) is 65.3 Å². The van der Waals surface area contributed by atoms with Gasteiger partial charge in [-0.3, -0.25) is 8.89 Å². The Hall–Kier alpha value is -3.97. The van der Waals surface area contributed by atoms with Gasteiger partial charge in [0.25, 0.3) is 0 Å². The number of nitrogens with zero attached hydrogens (tertiary/aromatic N) is 4. The van der Waals surface area contributed by atoms with Gasteiger partial charge in [0.05, 0.1) is 41.5 Å². The van der Waals surface area contributed by atoms with Crippen LogP contribution in [0.15, 0.2) is 96.2 Å². The Labute approximate surface area is 239 Å². The number of unbranched alkanes of at least 4 members (excludes halogenated alkanes) is 2. The van der Waals surface area contributed by atoms with Crippen LogP contribution in [0.3, 0.4) is 0 Å². The highest BCUT2D eigenvalue weighted by Gasteiger charge is 2.23. The molecular weight excluding hydrogens is 516 g/mol. The van der Waals surface area contributed by atoms with Crippen LogP contribution < -0.4 is 4.74 Å². The molecule has 0 amide bonds. The quantitative estimate of drug-likeness (QED) is 0.155. The smallest absolute Gasteiger partial charge is 0.200 e. The molecule has 5 rings (SSSR count).